The van der Waals surface area contributed by atoms with Crippen LogP contribution in [0.5, 0.6) is 5.75 Å². The summed E-state index contributed by atoms with van der Waals surface area (Å²) in [5, 5.41) is 9.27. The third kappa shape index (κ3) is 3.51. The SMILES string of the molecule is Cc1cccc(OC(CO)C(N)C(C)C)c1. The Bertz CT molecular complexity index is 325. The van der Waals surface area contributed by atoms with Gasteiger partial charge < -0.3 is 15.6 Å². The van der Waals surface area contributed by atoms with Crippen molar-refractivity contribution >= 4 is 0 Å². The monoisotopic (exact) mass is 223 g/mol. The Morgan fingerprint density at radius 2 is 2.06 bits per heavy atom. The maximum Gasteiger partial charge on any atom is 0.137 e. The second-order valence-electron chi connectivity index (χ2n) is 4.48. The van der Waals surface area contributed by atoms with Crippen molar-refractivity contribution in [1.82, 2.24) is 0 Å². The summed E-state index contributed by atoms with van der Waals surface area (Å²) < 4.78 is 5.69. The Morgan fingerprint density at radius 3 is 2.56 bits per heavy atom. The molecule has 1 rings (SSSR count). The number of aliphatic hydroxyl groups excluding tert-OH is 1. The van der Waals surface area contributed by atoms with E-state index in [0.717, 1.165) is 11.3 Å². The van der Waals surface area contributed by atoms with Crippen LogP contribution in [-0.2, 0) is 0 Å². The molecule has 90 valence electrons. The molecule has 2 unspecified atom stereocenters. The van der Waals surface area contributed by atoms with Crippen molar-refractivity contribution in [3.05, 3.63) is 29.8 Å². The van der Waals surface area contributed by atoms with Gasteiger partial charge in [-0.05, 0) is 30.5 Å². The molecule has 1 aromatic rings. The molecule has 0 bridgehead atoms. The summed E-state index contributed by atoms with van der Waals surface area (Å²) in [5.41, 5.74) is 7.10. The Morgan fingerprint density at radius 1 is 1.38 bits per heavy atom. The molecule has 3 N–H and O–H groups in total. The largest absolute Gasteiger partial charge is 0.486 e. The fourth-order valence-electron chi connectivity index (χ4n) is 1.53. The van der Waals surface area contributed by atoms with Gasteiger partial charge in [0.25, 0.3) is 0 Å². The van der Waals surface area contributed by atoms with Crippen LogP contribution in [-0.4, -0.2) is 23.9 Å². The molecule has 0 fully saturated rings. The maximum atomic E-state index is 9.27. The first-order valence-electron chi connectivity index (χ1n) is 5.64. The van der Waals surface area contributed by atoms with Crippen LogP contribution in [0.3, 0.4) is 0 Å². The zero-order chi connectivity index (χ0) is 12.1. The Hall–Kier alpha value is -1.06. The zero-order valence-corrected chi connectivity index (χ0v) is 10.2. The third-order valence-corrected chi connectivity index (χ3v) is 2.66. The summed E-state index contributed by atoms with van der Waals surface area (Å²) in [6, 6.07) is 7.59. The van der Waals surface area contributed by atoms with E-state index in [2.05, 4.69) is 0 Å². The van der Waals surface area contributed by atoms with Crippen molar-refractivity contribution < 1.29 is 9.84 Å². The smallest absolute Gasteiger partial charge is 0.137 e. The second kappa shape index (κ2) is 5.87. The predicted molar refractivity (Wildman–Crippen MR) is 65.5 cm³/mol. The van der Waals surface area contributed by atoms with Gasteiger partial charge in [0.2, 0.25) is 0 Å². The molecular weight excluding hydrogens is 202 g/mol. The highest BCUT2D eigenvalue weighted by molar-refractivity contribution is 5.27. The molecule has 0 aliphatic carbocycles. The number of hydrogen-bond acceptors (Lipinski definition) is 3. The van der Waals surface area contributed by atoms with Gasteiger partial charge in [0, 0.05) is 6.04 Å². The van der Waals surface area contributed by atoms with Crippen LogP contribution in [0.2, 0.25) is 0 Å². The average molecular weight is 223 g/mol. The lowest BCUT2D eigenvalue weighted by atomic mass is 10.00. The number of rotatable bonds is 5. The third-order valence-electron chi connectivity index (χ3n) is 2.66. The van der Waals surface area contributed by atoms with Crippen molar-refractivity contribution in [3.63, 3.8) is 0 Å². The van der Waals surface area contributed by atoms with Gasteiger partial charge in [-0.1, -0.05) is 26.0 Å². The van der Waals surface area contributed by atoms with Crippen LogP contribution in [0.1, 0.15) is 19.4 Å². The molecule has 0 aliphatic heterocycles. The lowest BCUT2D eigenvalue weighted by Gasteiger charge is -2.26. The molecule has 3 nitrogen and oxygen atoms in total. The number of hydrogen-bond donors (Lipinski definition) is 2. The van der Waals surface area contributed by atoms with Crippen molar-refractivity contribution in [1.29, 1.82) is 0 Å². The first-order valence-corrected chi connectivity index (χ1v) is 5.64. The summed E-state index contributed by atoms with van der Waals surface area (Å²) in [6.45, 7) is 5.98. The van der Waals surface area contributed by atoms with Gasteiger partial charge in [-0.2, -0.15) is 0 Å². The molecule has 0 spiro atoms. The highest BCUT2D eigenvalue weighted by Gasteiger charge is 2.21. The van der Waals surface area contributed by atoms with Gasteiger partial charge in [-0.3, -0.25) is 0 Å². The summed E-state index contributed by atoms with van der Waals surface area (Å²) in [6.07, 6.45) is -0.346. The number of nitrogens with two attached hydrogens (primary N) is 1. The molecule has 3 heteroatoms. The highest BCUT2D eigenvalue weighted by atomic mass is 16.5. The first-order chi connectivity index (χ1) is 7.54. The van der Waals surface area contributed by atoms with Crippen LogP contribution in [0, 0.1) is 12.8 Å². The topological polar surface area (TPSA) is 55.5 Å². The minimum atomic E-state index is -0.346. The fraction of sp³-hybridized carbons (Fsp3) is 0.538. The van der Waals surface area contributed by atoms with Crippen LogP contribution in [0.4, 0.5) is 0 Å². The van der Waals surface area contributed by atoms with E-state index in [4.69, 9.17) is 10.5 Å². The van der Waals surface area contributed by atoms with E-state index in [1.165, 1.54) is 0 Å². The predicted octanol–water partition coefficient (Wildman–Crippen LogP) is 1.72. The standard InChI is InChI=1S/C13H21NO2/c1-9(2)13(14)12(8-15)16-11-6-4-5-10(3)7-11/h4-7,9,12-13,15H,8,14H2,1-3H3. The fourth-order valence-corrected chi connectivity index (χ4v) is 1.53. The van der Waals surface area contributed by atoms with E-state index in [0.29, 0.717) is 0 Å². The minimum Gasteiger partial charge on any atom is -0.486 e. The van der Waals surface area contributed by atoms with Crippen molar-refractivity contribution in [2.75, 3.05) is 6.61 Å². The van der Waals surface area contributed by atoms with Crippen LogP contribution in [0.25, 0.3) is 0 Å². The summed E-state index contributed by atoms with van der Waals surface area (Å²) >= 11 is 0. The van der Waals surface area contributed by atoms with E-state index in [-0.39, 0.29) is 24.7 Å². The minimum absolute atomic E-state index is 0.0622. The van der Waals surface area contributed by atoms with Gasteiger partial charge in [-0.25, -0.2) is 0 Å². The Kier molecular flexibility index (Phi) is 4.77. The van der Waals surface area contributed by atoms with Crippen molar-refractivity contribution in [3.8, 4) is 5.75 Å². The number of aliphatic hydroxyl groups is 1. The zero-order valence-electron chi connectivity index (χ0n) is 10.2. The summed E-state index contributed by atoms with van der Waals surface area (Å²) in [5.74, 6) is 1.04. The van der Waals surface area contributed by atoms with Gasteiger partial charge >= 0.3 is 0 Å². The molecule has 0 saturated carbocycles. The molecule has 0 amide bonds. The number of aryl methyl sites for hydroxylation is 1. The molecule has 0 aromatic heterocycles. The first kappa shape index (κ1) is 13.0. The van der Waals surface area contributed by atoms with Crippen molar-refractivity contribution in [2.45, 2.75) is 32.9 Å². The van der Waals surface area contributed by atoms with Crippen molar-refractivity contribution in [2.24, 2.45) is 11.7 Å². The molecular formula is C13H21NO2. The molecule has 0 saturated heterocycles. The van der Waals surface area contributed by atoms with Crippen LogP contribution < -0.4 is 10.5 Å². The van der Waals surface area contributed by atoms with Gasteiger partial charge in [-0.15, -0.1) is 0 Å². The highest BCUT2D eigenvalue weighted by Crippen LogP contribution is 2.16. The molecule has 0 radical (unpaired) electrons. The Balaban J connectivity index is 2.70. The van der Waals surface area contributed by atoms with Crippen LogP contribution >= 0.6 is 0 Å². The van der Waals surface area contributed by atoms with E-state index in [1.54, 1.807) is 0 Å². The number of benzene rings is 1. The van der Waals surface area contributed by atoms with E-state index in [9.17, 15) is 5.11 Å². The van der Waals surface area contributed by atoms with Gasteiger partial charge in [0.05, 0.1) is 6.61 Å². The second-order valence-corrected chi connectivity index (χ2v) is 4.48. The molecule has 16 heavy (non-hydrogen) atoms. The molecule has 0 heterocycles. The molecule has 0 aliphatic rings. The normalized spacial score (nSPS) is 14.9. The number of ether oxygens (including phenoxy) is 1. The summed E-state index contributed by atoms with van der Waals surface area (Å²) in [4.78, 5) is 0. The van der Waals surface area contributed by atoms with Gasteiger partial charge in [0.1, 0.15) is 11.9 Å². The lowest BCUT2D eigenvalue weighted by Crippen LogP contribution is -2.45. The molecule has 2 atom stereocenters. The maximum absolute atomic E-state index is 9.27. The lowest BCUT2D eigenvalue weighted by molar-refractivity contribution is 0.0810. The average Bonchev–Trinajstić information content (AvgIpc) is 2.25. The quantitative estimate of drug-likeness (QED) is 0.799. The van der Waals surface area contributed by atoms with Crippen LogP contribution in [0.15, 0.2) is 24.3 Å². The van der Waals surface area contributed by atoms with E-state index >= 15 is 0 Å². The summed E-state index contributed by atoms with van der Waals surface area (Å²) in [7, 11) is 0. The van der Waals surface area contributed by atoms with E-state index < -0.39 is 0 Å². The van der Waals surface area contributed by atoms with E-state index in [1.807, 2.05) is 45.0 Å². The molecule has 1 aromatic carbocycles. The Labute approximate surface area is 97.2 Å². The van der Waals surface area contributed by atoms with Gasteiger partial charge in [0.15, 0.2) is 0 Å².